The van der Waals surface area contributed by atoms with Crippen molar-refractivity contribution >= 4 is 17.8 Å². The second-order valence-corrected chi connectivity index (χ2v) is 8.51. The monoisotopic (exact) mass is 388 g/mol. The van der Waals surface area contributed by atoms with E-state index < -0.39 is 11.4 Å². The molecule has 6 nitrogen and oxygen atoms in total. The Labute approximate surface area is 167 Å². The molecule has 1 aliphatic heterocycles. The third-order valence-corrected chi connectivity index (χ3v) is 5.25. The van der Waals surface area contributed by atoms with Gasteiger partial charge < -0.3 is 14.5 Å². The van der Waals surface area contributed by atoms with E-state index in [4.69, 9.17) is 4.74 Å². The highest BCUT2D eigenvalue weighted by molar-refractivity contribution is 5.85. The van der Waals surface area contributed by atoms with Crippen molar-refractivity contribution in [2.45, 2.75) is 47.1 Å². The number of rotatable bonds is 5. The van der Waals surface area contributed by atoms with Gasteiger partial charge in [0.05, 0.1) is 7.11 Å². The predicted molar refractivity (Wildman–Crippen MR) is 107 cm³/mol. The van der Waals surface area contributed by atoms with Crippen LogP contribution in [-0.2, 0) is 25.7 Å². The first-order chi connectivity index (χ1) is 13.1. The molecule has 0 saturated carbocycles. The van der Waals surface area contributed by atoms with Gasteiger partial charge in [-0.05, 0) is 30.9 Å². The number of ether oxygens (including phenoxy) is 1. The molecule has 0 aliphatic carbocycles. The van der Waals surface area contributed by atoms with Crippen molar-refractivity contribution in [3.8, 4) is 0 Å². The summed E-state index contributed by atoms with van der Waals surface area (Å²) < 4.78 is 4.79. The van der Waals surface area contributed by atoms with Crippen LogP contribution in [0.3, 0.4) is 0 Å². The molecule has 1 saturated heterocycles. The summed E-state index contributed by atoms with van der Waals surface area (Å²) >= 11 is 0. The van der Waals surface area contributed by atoms with Gasteiger partial charge in [0.25, 0.3) is 0 Å². The third kappa shape index (κ3) is 5.57. The number of methoxy groups -OCH3 is 1. The van der Waals surface area contributed by atoms with Crippen LogP contribution in [-0.4, -0.2) is 54.3 Å². The Morgan fingerprint density at radius 1 is 1.14 bits per heavy atom. The second-order valence-electron chi connectivity index (χ2n) is 8.51. The molecular formula is C22H32N2O4. The number of likely N-dealkylation sites (tertiary alicyclic amines) is 1. The van der Waals surface area contributed by atoms with Gasteiger partial charge in [-0.1, -0.05) is 45.0 Å². The zero-order valence-corrected chi connectivity index (χ0v) is 17.7. The minimum atomic E-state index is -0.428. The number of carbonyl (C=O) groups is 3. The summed E-state index contributed by atoms with van der Waals surface area (Å²) in [6, 6.07) is 7.84. The van der Waals surface area contributed by atoms with E-state index in [0.717, 1.165) is 11.1 Å². The van der Waals surface area contributed by atoms with E-state index in [1.165, 1.54) is 7.11 Å². The Bertz CT molecular complexity index is 715. The molecule has 154 valence electrons. The van der Waals surface area contributed by atoms with Crippen molar-refractivity contribution in [2.75, 3.05) is 26.7 Å². The Kier molecular flexibility index (Phi) is 7.22. The predicted octanol–water partition coefficient (Wildman–Crippen LogP) is 2.78. The standard InChI is InChI=1S/C22H32N2O4/c1-16-8-6-7-9-18(16)14-24(15-19(25)28-5)20(26)17-10-12-23(13-11-17)21(27)22(2,3)4/h6-9,17H,10-15H2,1-5H3. The highest BCUT2D eigenvalue weighted by atomic mass is 16.5. The summed E-state index contributed by atoms with van der Waals surface area (Å²) in [6.07, 6.45) is 1.23. The number of esters is 1. The van der Waals surface area contributed by atoms with Gasteiger partial charge in [0.15, 0.2) is 0 Å². The van der Waals surface area contributed by atoms with Crippen molar-refractivity contribution in [2.24, 2.45) is 11.3 Å². The molecule has 0 N–H and O–H groups in total. The van der Waals surface area contributed by atoms with E-state index in [2.05, 4.69) is 0 Å². The van der Waals surface area contributed by atoms with Crippen molar-refractivity contribution < 1.29 is 19.1 Å². The first-order valence-corrected chi connectivity index (χ1v) is 9.83. The lowest BCUT2D eigenvalue weighted by Gasteiger charge is -2.36. The van der Waals surface area contributed by atoms with Crippen LogP contribution in [0.15, 0.2) is 24.3 Å². The lowest BCUT2D eigenvalue weighted by Crippen LogP contribution is -2.48. The fourth-order valence-electron chi connectivity index (χ4n) is 3.49. The lowest BCUT2D eigenvalue weighted by molar-refractivity contribution is -0.150. The van der Waals surface area contributed by atoms with Crippen LogP contribution in [0.25, 0.3) is 0 Å². The van der Waals surface area contributed by atoms with Crippen LogP contribution in [0.1, 0.15) is 44.7 Å². The number of carbonyl (C=O) groups excluding carboxylic acids is 3. The van der Waals surface area contributed by atoms with E-state index in [1.807, 2.05) is 56.9 Å². The number of nitrogens with zero attached hydrogens (tertiary/aromatic N) is 2. The first-order valence-electron chi connectivity index (χ1n) is 9.83. The summed E-state index contributed by atoms with van der Waals surface area (Å²) in [7, 11) is 1.33. The number of benzene rings is 1. The normalized spacial score (nSPS) is 15.2. The summed E-state index contributed by atoms with van der Waals surface area (Å²) in [5.41, 5.74) is 1.68. The maximum absolute atomic E-state index is 13.2. The summed E-state index contributed by atoms with van der Waals surface area (Å²) in [6.45, 7) is 9.18. The Morgan fingerprint density at radius 2 is 1.75 bits per heavy atom. The van der Waals surface area contributed by atoms with E-state index in [0.29, 0.717) is 32.5 Å². The molecule has 1 fully saturated rings. The molecule has 0 atom stereocenters. The smallest absolute Gasteiger partial charge is 0.325 e. The van der Waals surface area contributed by atoms with Crippen LogP contribution in [0.2, 0.25) is 0 Å². The molecule has 2 rings (SSSR count). The van der Waals surface area contributed by atoms with Crippen molar-refractivity contribution in [3.63, 3.8) is 0 Å². The van der Waals surface area contributed by atoms with Crippen molar-refractivity contribution in [3.05, 3.63) is 35.4 Å². The van der Waals surface area contributed by atoms with Gasteiger partial charge in [0, 0.05) is 31.0 Å². The zero-order chi connectivity index (χ0) is 20.9. The van der Waals surface area contributed by atoms with E-state index in [1.54, 1.807) is 4.90 Å². The lowest BCUT2D eigenvalue weighted by atomic mass is 9.90. The van der Waals surface area contributed by atoms with Gasteiger partial charge in [-0.3, -0.25) is 14.4 Å². The van der Waals surface area contributed by atoms with Crippen molar-refractivity contribution in [1.29, 1.82) is 0 Å². The van der Waals surface area contributed by atoms with Crippen LogP contribution in [0, 0.1) is 18.3 Å². The molecule has 6 heteroatoms. The fraction of sp³-hybridized carbons (Fsp3) is 0.591. The van der Waals surface area contributed by atoms with Crippen LogP contribution in [0.5, 0.6) is 0 Å². The van der Waals surface area contributed by atoms with Gasteiger partial charge in [-0.25, -0.2) is 0 Å². The molecule has 0 radical (unpaired) electrons. The largest absolute Gasteiger partial charge is 0.468 e. The zero-order valence-electron chi connectivity index (χ0n) is 17.7. The average Bonchev–Trinajstić information content (AvgIpc) is 2.67. The second kappa shape index (κ2) is 9.22. The van der Waals surface area contributed by atoms with E-state index >= 15 is 0 Å². The molecule has 28 heavy (non-hydrogen) atoms. The van der Waals surface area contributed by atoms with Gasteiger partial charge in [0.1, 0.15) is 6.54 Å². The molecule has 0 bridgehead atoms. The summed E-state index contributed by atoms with van der Waals surface area (Å²) in [5.74, 6) is -0.541. The van der Waals surface area contributed by atoms with Crippen LogP contribution >= 0.6 is 0 Å². The summed E-state index contributed by atoms with van der Waals surface area (Å²) in [4.78, 5) is 40.9. The molecule has 1 aromatic carbocycles. The minimum absolute atomic E-state index is 0.0449. The number of piperidine rings is 1. The fourth-order valence-corrected chi connectivity index (χ4v) is 3.49. The highest BCUT2D eigenvalue weighted by Gasteiger charge is 2.34. The molecule has 1 heterocycles. The Morgan fingerprint density at radius 3 is 2.29 bits per heavy atom. The molecule has 2 amide bonds. The maximum atomic E-state index is 13.2. The number of aryl methyl sites for hydroxylation is 1. The molecule has 1 aliphatic rings. The van der Waals surface area contributed by atoms with E-state index in [-0.39, 0.29) is 24.3 Å². The Hall–Kier alpha value is -2.37. The van der Waals surface area contributed by atoms with Gasteiger partial charge in [0.2, 0.25) is 11.8 Å². The van der Waals surface area contributed by atoms with Gasteiger partial charge in [-0.2, -0.15) is 0 Å². The van der Waals surface area contributed by atoms with Gasteiger partial charge in [-0.15, -0.1) is 0 Å². The quantitative estimate of drug-likeness (QED) is 0.728. The summed E-state index contributed by atoms with van der Waals surface area (Å²) in [5, 5.41) is 0. The Balaban J connectivity index is 2.07. The molecule has 1 aromatic rings. The van der Waals surface area contributed by atoms with Crippen LogP contribution in [0.4, 0.5) is 0 Å². The topological polar surface area (TPSA) is 66.9 Å². The SMILES string of the molecule is COC(=O)CN(Cc1ccccc1C)C(=O)C1CCN(C(=O)C(C)(C)C)CC1. The first kappa shape index (κ1) is 21.9. The third-order valence-electron chi connectivity index (χ3n) is 5.25. The molecule has 0 aromatic heterocycles. The minimum Gasteiger partial charge on any atom is -0.468 e. The van der Waals surface area contributed by atoms with Crippen molar-refractivity contribution in [1.82, 2.24) is 9.80 Å². The average molecular weight is 389 g/mol. The molecular weight excluding hydrogens is 356 g/mol. The molecule has 0 spiro atoms. The number of amides is 2. The van der Waals surface area contributed by atoms with Crippen LogP contribution < -0.4 is 0 Å². The number of hydrogen-bond donors (Lipinski definition) is 0. The van der Waals surface area contributed by atoms with E-state index in [9.17, 15) is 14.4 Å². The van der Waals surface area contributed by atoms with Gasteiger partial charge >= 0.3 is 5.97 Å². The number of hydrogen-bond acceptors (Lipinski definition) is 4. The molecule has 0 unspecified atom stereocenters. The highest BCUT2D eigenvalue weighted by Crippen LogP contribution is 2.25. The maximum Gasteiger partial charge on any atom is 0.325 e.